The lowest BCUT2D eigenvalue weighted by Crippen LogP contribution is -2.38. The van der Waals surface area contributed by atoms with E-state index >= 15 is 0 Å². The van der Waals surface area contributed by atoms with Crippen LogP contribution in [0.15, 0.2) is 0 Å². The summed E-state index contributed by atoms with van der Waals surface area (Å²) in [7, 11) is 1.59. The maximum atomic E-state index is 12.2. The van der Waals surface area contributed by atoms with Gasteiger partial charge < -0.3 is 10.4 Å². The van der Waals surface area contributed by atoms with E-state index in [2.05, 4.69) is 5.32 Å². The minimum atomic E-state index is -4.23. The van der Waals surface area contributed by atoms with Gasteiger partial charge in [0, 0.05) is 6.54 Å². The number of aliphatic hydroxyl groups is 1. The third-order valence-electron chi connectivity index (χ3n) is 2.33. The van der Waals surface area contributed by atoms with Gasteiger partial charge in [-0.3, -0.25) is 0 Å². The SMILES string of the molecule is CNCC(O)C(C)C(C)C(F)(F)F. The molecule has 80 valence electrons. The van der Waals surface area contributed by atoms with Crippen molar-refractivity contribution in [2.45, 2.75) is 26.1 Å². The summed E-state index contributed by atoms with van der Waals surface area (Å²) in [6, 6.07) is 0. The second kappa shape index (κ2) is 4.81. The van der Waals surface area contributed by atoms with Crippen molar-refractivity contribution in [3.05, 3.63) is 0 Å². The number of likely N-dealkylation sites (N-methyl/N-ethyl adjacent to an activating group) is 1. The fourth-order valence-electron chi connectivity index (χ4n) is 1.03. The Bertz CT molecular complexity index is 149. The highest BCUT2D eigenvalue weighted by molar-refractivity contribution is 4.76. The molecule has 0 aromatic rings. The van der Waals surface area contributed by atoms with Gasteiger partial charge in [-0.25, -0.2) is 0 Å². The van der Waals surface area contributed by atoms with Gasteiger partial charge >= 0.3 is 6.18 Å². The van der Waals surface area contributed by atoms with E-state index in [-0.39, 0.29) is 6.54 Å². The minimum absolute atomic E-state index is 0.182. The highest BCUT2D eigenvalue weighted by Crippen LogP contribution is 2.32. The van der Waals surface area contributed by atoms with E-state index in [1.807, 2.05) is 0 Å². The van der Waals surface area contributed by atoms with Gasteiger partial charge in [0.15, 0.2) is 0 Å². The normalized spacial score (nSPS) is 19.6. The quantitative estimate of drug-likeness (QED) is 0.717. The Kier molecular flexibility index (Phi) is 4.70. The molecule has 0 radical (unpaired) electrons. The van der Waals surface area contributed by atoms with Crippen molar-refractivity contribution in [1.29, 1.82) is 0 Å². The summed E-state index contributed by atoms with van der Waals surface area (Å²) in [4.78, 5) is 0. The molecular weight excluding hydrogens is 183 g/mol. The molecule has 2 N–H and O–H groups in total. The van der Waals surface area contributed by atoms with Gasteiger partial charge in [0.25, 0.3) is 0 Å². The lowest BCUT2D eigenvalue weighted by molar-refractivity contribution is -0.190. The Hall–Kier alpha value is -0.290. The zero-order chi connectivity index (χ0) is 10.6. The van der Waals surface area contributed by atoms with Crippen molar-refractivity contribution >= 4 is 0 Å². The van der Waals surface area contributed by atoms with Gasteiger partial charge in [-0.1, -0.05) is 13.8 Å². The zero-order valence-corrected chi connectivity index (χ0v) is 8.02. The van der Waals surface area contributed by atoms with Gasteiger partial charge in [-0.2, -0.15) is 13.2 Å². The van der Waals surface area contributed by atoms with Crippen LogP contribution in [0.1, 0.15) is 13.8 Å². The highest BCUT2D eigenvalue weighted by atomic mass is 19.4. The van der Waals surface area contributed by atoms with Crippen LogP contribution in [0.5, 0.6) is 0 Å². The first-order valence-corrected chi connectivity index (χ1v) is 4.20. The summed E-state index contributed by atoms with van der Waals surface area (Å²) >= 11 is 0. The van der Waals surface area contributed by atoms with E-state index < -0.39 is 24.1 Å². The third-order valence-corrected chi connectivity index (χ3v) is 2.33. The molecular formula is C8H16F3NO. The molecule has 0 heterocycles. The topological polar surface area (TPSA) is 32.3 Å². The van der Waals surface area contributed by atoms with E-state index in [4.69, 9.17) is 0 Å². The largest absolute Gasteiger partial charge is 0.392 e. The molecule has 0 saturated heterocycles. The highest BCUT2D eigenvalue weighted by Gasteiger charge is 2.41. The number of nitrogens with one attached hydrogen (secondary N) is 1. The smallest absolute Gasteiger partial charge is 0.391 e. The Labute approximate surface area is 76.1 Å². The second-order valence-electron chi connectivity index (χ2n) is 3.31. The van der Waals surface area contributed by atoms with Crippen LogP contribution >= 0.6 is 0 Å². The molecule has 0 fully saturated rings. The Morgan fingerprint density at radius 3 is 2.08 bits per heavy atom. The molecule has 0 aromatic heterocycles. The molecule has 0 saturated carbocycles. The molecule has 0 aromatic carbocycles. The third kappa shape index (κ3) is 3.95. The molecule has 13 heavy (non-hydrogen) atoms. The average Bonchev–Trinajstić information content (AvgIpc) is 2.00. The molecule has 0 bridgehead atoms. The average molecular weight is 199 g/mol. The van der Waals surface area contributed by atoms with Gasteiger partial charge in [0.2, 0.25) is 0 Å². The number of hydrogen-bond donors (Lipinski definition) is 2. The lowest BCUT2D eigenvalue weighted by Gasteiger charge is -2.26. The van der Waals surface area contributed by atoms with E-state index in [1.165, 1.54) is 6.92 Å². The summed E-state index contributed by atoms with van der Waals surface area (Å²) < 4.78 is 36.5. The Morgan fingerprint density at radius 2 is 1.77 bits per heavy atom. The number of hydrogen-bond acceptors (Lipinski definition) is 2. The fraction of sp³-hybridized carbons (Fsp3) is 1.00. The molecule has 0 aliphatic rings. The van der Waals surface area contributed by atoms with Crippen LogP contribution in [-0.2, 0) is 0 Å². The van der Waals surface area contributed by atoms with E-state index in [1.54, 1.807) is 7.05 Å². The summed E-state index contributed by atoms with van der Waals surface area (Å²) in [5.74, 6) is -2.26. The van der Waals surface area contributed by atoms with Crippen molar-refractivity contribution in [3.63, 3.8) is 0 Å². The molecule has 5 heteroatoms. The summed E-state index contributed by atoms with van der Waals surface area (Å²) in [6.07, 6.45) is -5.18. The first kappa shape index (κ1) is 12.7. The number of aliphatic hydroxyl groups excluding tert-OH is 1. The first-order valence-electron chi connectivity index (χ1n) is 4.20. The molecule has 0 spiro atoms. The first-order chi connectivity index (χ1) is 5.80. The van der Waals surface area contributed by atoms with Gasteiger partial charge in [-0.05, 0) is 13.0 Å². The van der Waals surface area contributed by atoms with Gasteiger partial charge in [0.05, 0.1) is 12.0 Å². The summed E-state index contributed by atoms with van der Waals surface area (Å²) in [5, 5.41) is 11.9. The molecule has 0 amide bonds. The molecule has 0 rings (SSSR count). The second-order valence-corrected chi connectivity index (χ2v) is 3.31. The van der Waals surface area contributed by atoms with Crippen LogP contribution in [0, 0.1) is 11.8 Å². The van der Waals surface area contributed by atoms with E-state index in [0.717, 1.165) is 6.92 Å². The molecule has 0 aliphatic heterocycles. The minimum Gasteiger partial charge on any atom is -0.392 e. The van der Waals surface area contributed by atoms with Crippen LogP contribution in [0.3, 0.4) is 0 Å². The monoisotopic (exact) mass is 199 g/mol. The van der Waals surface area contributed by atoms with Crippen molar-refractivity contribution in [1.82, 2.24) is 5.32 Å². The molecule has 3 atom stereocenters. The predicted molar refractivity (Wildman–Crippen MR) is 44.3 cm³/mol. The Morgan fingerprint density at radius 1 is 1.31 bits per heavy atom. The predicted octanol–water partition coefficient (Wildman–Crippen LogP) is 1.40. The summed E-state index contributed by atoms with van der Waals surface area (Å²) in [5.41, 5.74) is 0. The zero-order valence-electron chi connectivity index (χ0n) is 8.02. The molecule has 3 unspecified atom stereocenters. The van der Waals surface area contributed by atoms with Crippen LogP contribution in [0.4, 0.5) is 13.2 Å². The maximum Gasteiger partial charge on any atom is 0.391 e. The van der Waals surface area contributed by atoms with Crippen molar-refractivity contribution in [3.8, 4) is 0 Å². The molecule has 2 nitrogen and oxygen atoms in total. The van der Waals surface area contributed by atoms with Crippen molar-refractivity contribution in [2.75, 3.05) is 13.6 Å². The van der Waals surface area contributed by atoms with Gasteiger partial charge in [0.1, 0.15) is 0 Å². The van der Waals surface area contributed by atoms with Gasteiger partial charge in [-0.15, -0.1) is 0 Å². The number of halogens is 3. The standard InChI is InChI=1S/C8H16F3NO/c1-5(7(13)4-12-3)6(2)8(9,10)11/h5-7,12-13H,4H2,1-3H3. The lowest BCUT2D eigenvalue weighted by atomic mass is 9.90. The van der Waals surface area contributed by atoms with Crippen molar-refractivity contribution < 1.29 is 18.3 Å². The fourth-order valence-corrected chi connectivity index (χ4v) is 1.03. The van der Waals surface area contributed by atoms with Crippen molar-refractivity contribution in [2.24, 2.45) is 11.8 Å². The summed E-state index contributed by atoms with van der Waals surface area (Å²) in [6.45, 7) is 2.67. The van der Waals surface area contributed by atoms with Crippen LogP contribution in [0.25, 0.3) is 0 Å². The number of alkyl halides is 3. The Balaban J connectivity index is 4.16. The van der Waals surface area contributed by atoms with Crippen LogP contribution in [0.2, 0.25) is 0 Å². The van der Waals surface area contributed by atoms with Crippen LogP contribution < -0.4 is 5.32 Å². The van der Waals surface area contributed by atoms with E-state index in [9.17, 15) is 18.3 Å². The van der Waals surface area contributed by atoms with Crippen LogP contribution in [-0.4, -0.2) is 31.0 Å². The molecule has 0 aliphatic carbocycles. The number of rotatable bonds is 4. The van der Waals surface area contributed by atoms with E-state index in [0.29, 0.717) is 0 Å². The maximum absolute atomic E-state index is 12.2.